The fraction of sp³-hybridized carbons (Fsp3) is 0.385. The minimum absolute atomic E-state index is 0.305. The molecule has 0 heterocycles. The number of amides is 1. The first-order chi connectivity index (χ1) is 8.91. The summed E-state index contributed by atoms with van der Waals surface area (Å²) in [7, 11) is 3.77. The van der Waals surface area contributed by atoms with Crippen LogP contribution < -0.4 is 5.32 Å². The summed E-state index contributed by atoms with van der Waals surface area (Å²) in [4.78, 5) is 25.0. The van der Waals surface area contributed by atoms with E-state index in [2.05, 4.69) is 5.32 Å². The Hall–Kier alpha value is -1.82. The van der Waals surface area contributed by atoms with E-state index >= 15 is 0 Å². The van der Waals surface area contributed by atoms with Gasteiger partial charge in [-0.05, 0) is 45.3 Å². The van der Waals surface area contributed by atoms with E-state index in [1.807, 2.05) is 19.0 Å². The van der Waals surface area contributed by atoms with Crippen LogP contribution >= 0.6 is 0 Å². The monoisotopic (exact) mass is 270 g/mol. The number of hydrogen-bond acceptors (Lipinski definition) is 3. The second kappa shape index (κ2) is 6.94. The molecule has 1 aromatic carbocycles. The largest absolute Gasteiger partial charge is 0.349 e. The van der Waals surface area contributed by atoms with Gasteiger partial charge in [0.25, 0.3) is 11.7 Å². The van der Waals surface area contributed by atoms with Crippen molar-refractivity contribution in [2.24, 2.45) is 0 Å². The third-order valence-electron chi connectivity index (χ3n) is 2.45. The smallest absolute Gasteiger partial charge is 0.292 e. The lowest BCUT2D eigenvalue weighted by Crippen LogP contribution is -2.33. The summed E-state index contributed by atoms with van der Waals surface area (Å²) in [6, 6.07) is 2.43. The molecular weight excluding hydrogens is 254 g/mol. The highest BCUT2D eigenvalue weighted by Gasteiger charge is 2.20. The van der Waals surface area contributed by atoms with Gasteiger partial charge in [0.15, 0.2) is 0 Å². The van der Waals surface area contributed by atoms with Crippen LogP contribution in [-0.4, -0.2) is 43.8 Å². The second-order valence-corrected chi connectivity index (χ2v) is 4.37. The second-order valence-electron chi connectivity index (χ2n) is 4.37. The van der Waals surface area contributed by atoms with Gasteiger partial charge >= 0.3 is 0 Å². The van der Waals surface area contributed by atoms with E-state index in [1.54, 1.807) is 0 Å². The Balaban J connectivity index is 2.57. The highest BCUT2D eigenvalue weighted by molar-refractivity contribution is 6.42. The minimum Gasteiger partial charge on any atom is -0.349 e. The van der Waals surface area contributed by atoms with Gasteiger partial charge in [-0.1, -0.05) is 0 Å². The topological polar surface area (TPSA) is 49.4 Å². The summed E-state index contributed by atoms with van der Waals surface area (Å²) < 4.78 is 26.2. The van der Waals surface area contributed by atoms with Crippen LogP contribution in [0.2, 0.25) is 0 Å². The van der Waals surface area contributed by atoms with Gasteiger partial charge in [-0.15, -0.1) is 0 Å². The number of nitrogens with one attached hydrogen (secondary N) is 1. The molecule has 0 fully saturated rings. The van der Waals surface area contributed by atoms with Gasteiger partial charge < -0.3 is 10.2 Å². The standard InChI is InChI=1S/C13H16F2N2O2/c1-17(2)7-3-6-16-13(19)12(18)10-8-9(14)4-5-11(10)15/h4-5,8H,3,6-7H2,1-2H3,(H,16,19). The van der Waals surface area contributed by atoms with Crippen LogP contribution in [0.1, 0.15) is 16.8 Å². The molecule has 1 rings (SSSR count). The van der Waals surface area contributed by atoms with E-state index in [4.69, 9.17) is 0 Å². The molecule has 0 aromatic heterocycles. The summed E-state index contributed by atoms with van der Waals surface area (Å²) in [6.07, 6.45) is 0.664. The van der Waals surface area contributed by atoms with Crippen LogP contribution in [0.3, 0.4) is 0 Å². The lowest BCUT2D eigenvalue weighted by Gasteiger charge is -2.09. The molecule has 19 heavy (non-hydrogen) atoms. The van der Waals surface area contributed by atoms with Crippen LogP contribution in [0, 0.1) is 11.6 Å². The van der Waals surface area contributed by atoms with E-state index in [0.717, 1.165) is 24.7 Å². The van der Waals surface area contributed by atoms with Crippen molar-refractivity contribution < 1.29 is 18.4 Å². The van der Waals surface area contributed by atoms with E-state index < -0.39 is 28.9 Å². The first-order valence-corrected chi connectivity index (χ1v) is 5.84. The van der Waals surface area contributed by atoms with E-state index in [9.17, 15) is 18.4 Å². The average molecular weight is 270 g/mol. The quantitative estimate of drug-likeness (QED) is 0.480. The molecule has 0 saturated heterocycles. The minimum atomic E-state index is -1.07. The average Bonchev–Trinajstić information content (AvgIpc) is 2.36. The Bertz CT molecular complexity index is 476. The van der Waals surface area contributed by atoms with Gasteiger partial charge in [0, 0.05) is 6.54 Å². The molecule has 0 radical (unpaired) electrons. The fourth-order valence-corrected chi connectivity index (χ4v) is 1.47. The molecule has 0 spiro atoms. The number of ketones is 1. The first kappa shape index (κ1) is 15.2. The Morgan fingerprint density at radius 3 is 2.58 bits per heavy atom. The number of nitrogens with zero attached hydrogens (tertiary/aromatic N) is 1. The zero-order chi connectivity index (χ0) is 14.4. The summed E-state index contributed by atoms with van der Waals surface area (Å²) >= 11 is 0. The molecule has 0 saturated carbocycles. The Kier molecular flexibility index (Phi) is 5.57. The van der Waals surface area contributed by atoms with Gasteiger partial charge in [-0.3, -0.25) is 9.59 Å². The summed E-state index contributed by atoms with van der Waals surface area (Å²) in [6.45, 7) is 1.06. The normalized spacial score (nSPS) is 10.6. The first-order valence-electron chi connectivity index (χ1n) is 5.84. The summed E-state index contributed by atoms with van der Waals surface area (Å²) in [5.74, 6) is -3.66. The highest BCUT2D eigenvalue weighted by atomic mass is 19.1. The molecule has 1 aromatic rings. The van der Waals surface area contributed by atoms with Crippen molar-refractivity contribution in [3.8, 4) is 0 Å². The van der Waals surface area contributed by atoms with Gasteiger partial charge in [0.05, 0.1) is 5.56 Å². The zero-order valence-electron chi connectivity index (χ0n) is 10.9. The van der Waals surface area contributed by atoms with E-state index in [-0.39, 0.29) is 0 Å². The number of rotatable bonds is 6. The van der Waals surface area contributed by atoms with Gasteiger partial charge in [-0.2, -0.15) is 0 Å². The van der Waals surface area contributed by atoms with Crippen molar-refractivity contribution >= 4 is 11.7 Å². The van der Waals surface area contributed by atoms with Crippen LogP contribution in [-0.2, 0) is 4.79 Å². The van der Waals surface area contributed by atoms with E-state index in [0.29, 0.717) is 13.0 Å². The summed E-state index contributed by atoms with van der Waals surface area (Å²) in [5.41, 5.74) is -0.551. The fourth-order valence-electron chi connectivity index (χ4n) is 1.47. The number of carbonyl (C=O) groups excluding carboxylic acids is 2. The van der Waals surface area contributed by atoms with Crippen LogP contribution in [0.25, 0.3) is 0 Å². The van der Waals surface area contributed by atoms with Gasteiger partial charge in [0.2, 0.25) is 0 Å². The maximum absolute atomic E-state index is 13.3. The maximum Gasteiger partial charge on any atom is 0.292 e. The summed E-state index contributed by atoms with van der Waals surface area (Å²) in [5, 5.41) is 2.38. The highest BCUT2D eigenvalue weighted by Crippen LogP contribution is 2.10. The van der Waals surface area contributed by atoms with Crippen molar-refractivity contribution in [3.63, 3.8) is 0 Å². The molecule has 0 unspecified atom stereocenters. The predicted molar refractivity (Wildman–Crippen MR) is 66.9 cm³/mol. The number of Topliss-reactive ketones (excluding diaryl/α,β-unsaturated/α-hetero) is 1. The van der Waals surface area contributed by atoms with Crippen LogP contribution in [0.15, 0.2) is 18.2 Å². The number of halogens is 2. The molecule has 4 nitrogen and oxygen atoms in total. The van der Waals surface area contributed by atoms with Crippen molar-refractivity contribution in [1.82, 2.24) is 10.2 Å². The molecule has 0 aliphatic rings. The molecule has 0 atom stereocenters. The van der Waals surface area contributed by atoms with Crippen LogP contribution in [0.5, 0.6) is 0 Å². The maximum atomic E-state index is 13.3. The molecule has 1 N–H and O–H groups in total. The zero-order valence-corrected chi connectivity index (χ0v) is 10.9. The third-order valence-corrected chi connectivity index (χ3v) is 2.45. The Morgan fingerprint density at radius 1 is 1.26 bits per heavy atom. The van der Waals surface area contributed by atoms with E-state index in [1.165, 1.54) is 0 Å². The van der Waals surface area contributed by atoms with Crippen molar-refractivity contribution in [2.75, 3.05) is 27.2 Å². The van der Waals surface area contributed by atoms with Crippen molar-refractivity contribution in [3.05, 3.63) is 35.4 Å². The third kappa shape index (κ3) is 4.75. The lowest BCUT2D eigenvalue weighted by atomic mass is 10.1. The van der Waals surface area contributed by atoms with Gasteiger partial charge in [0.1, 0.15) is 11.6 Å². The molecule has 0 aliphatic heterocycles. The number of benzene rings is 1. The lowest BCUT2D eigenvalue weighted by molar-refractivity contribution is -0.117. The van der Waals surface area contributed by atoms with Crippen LogP contribution in [0.4, 0.5) is 8.78 Å². The predicted octanol–water partition coefficient (Wildman–Crippen LogP) is 1.22. The SMILES string of the molecule is CN(C)CCCNC(=O)C(=O)c1cc(F)ccc1F. The number of carbonyl (C=O) groups is 2. The van der Waals surface area contributed by atoms with Gasteiger partial charge in [-0.25, -0.2) is 8.78 Å². The molecule has 0 aliphatic carbocycles. The molecule has 0 bridgehead atoms. The van der Waals surface area contributed by atoms with Crippen molar-refractivity contribution in [1.29, 1.82) is 0 Å². The molecule has 104 valence electrons. The van der Waals surface area contributed by atoms with Crippen molar-refractivity contribution in [2.45, 2.75) is 6.42 Å². The Morgan fingerprint density at radius 2 is 1.95 bits per heavy atom. The molecular formula is C13H16F2N2O2. The molecule has 1 amide bonds. The Labute approximate surface area is 110 Å². The molecule has 6 heteroatoms. The number of hydrogen-bond donors (Lipinski definition) is 1.